The molecule has 78 valence electrons. The third-order valence-corrected chi connectivity index (χ3v) is 2.95. The quantitative estimate of drug-likeness (QED) is 0.722. The zero-order chi connectivity index (χ0) is 10.6. The van der Waals surface area contributed by atoms with Crippen molar-refractivity contribution in [2.45, 2.75) is 17.9 Å². The molecule has 1 heterocycles. The molecule has 0 bridgehead atoms. The van der Waals surface area contributed by atoms with Crippen LogP contribution in [0.25, 0.3) is 0 Å². The molecular weight excluding hydrogens is 202 g/mol. The Hall–Kier alpha value is -0.980. The van der Waals surface area contributed by atoms with Gasteiger partial charge in [-0.2, -0.15) is 0 Å². The van der Waals surface area contributed by atoms with Gasteiger partial charge in [0.05, 0.1) is 0 Å². The van der Waals surface area contributed by atoms with Gasteiger partial charge in [-0.05, 0) is 19.1 Å². The number of hydrogen-bond acceptors (Lipinski definition) is 4. The first kappa shape index (κ1) is 11.1. The fourth-order valence-corrected chi connectivity index (χ4v) is 1.94. The average Bonchev–Trinajstić information content (AvgIpc) is 2.16. The zero-order valence-electron chi connectivity index (χ0n) is 7.84. The molecule has 0 saturated carbocycles. The summed E-state index contributed by atoms with van der Waals surface area (Å²) in [6, 6.07) is 2.85. The lowest BCUT2D eigenvalue weighted by atomic mass is 10.4. The molecule has 1 rings (SSSR count). The van der Waals surface area contributed by atoms with Crippen molar-refractivity contribution >= 4 is 10.0 Å². The van der Waals surface area contributed by atoms with Gasteiger partial charge in [0.1, 0.15) is 4.90 Å². The first-order valence-corrected chi connectivity index (χ1v) is 5.66. The predicted octanol–water partition coefficient (Wildman–Crippen LogP) is -0.293. The summed E-state index contributed by atoms with van der Waals surface area (Å²) >= 11 is 0. The Labute approximate surface area is 83.4 Å². The fraction of sp³-hybridized carbons (Fsp3) is 0.375. The van der Waals surface area contributed by atoms with Crippen LogP contribution in [0.3, 0.4) is 0 Å². The van der Waals surface area contributed by atoms with E-state index in [1.807, 2.05) is 0 Å². The minimum atomic E-state index is -3.45. The molecule has 1 unspecified atom stereocenters. The van der Waals surface area contributed by atoms with Crippen LogP contribution in [0.15, 0.2) is 29.4 Å². The summed E-state index contributed by atoms with van der Waals surface area (Å²) in [5.41, 5.74) is 5.44. The summed E-state index contributed by atoms with van der Waals surface area (Å²) in [7, 11) is -3.45. The predicted molar refractivity (Wildman–Crippen MR) is 53.1 cm³/mol. The molecule has 1 atom stereocenters. The van der Waals surface area contributed by atoms with Crippen LogP contribution in [-0.4, -0.2) is 26.0 Å². The molecule has 0 aliphatic heterocycles. The Morgan fingerprint density at radius 1 is 1.64 bits per heavy atom. The van der Waals surface area contributed by atoms with Crippen molar-refractivity contribution in [3.8, 4) is 0 Å². The Kier molecular flexibility index (Phi) is 3.56. The molecule has 0 radical (unpaired) electrons. The van der Waals surface area contributed by atoms with Crippen LogP contribution in [0.1, 0.15) is 6.92 Å². The number of nitrogens with one attached hydrogen (secondary N) is 1. The topological polar surface area (TPSA) is 85.1 Å². The van der Waals surface area contributed by atoms with E-state index < -0.39 is 10.0 Å². The van der Waals surface area contributed by atoms with E-state index in [1.54, 1.807) is 13.0 Å². The number of nitrogens with zero attached hydrogens (tertiary/aromatic N) is 1. The number of pyridine rings is 1. The normalized spacial score (nSPS) is 13.9. The van der Waals surface area contributed by atoms with Crippen LogP contribution in [0.4, 0.5) is 0 Å². The maximum Gasteiger partial charge on any atom is 0.242 e. The molecule has 0 amide bonds. The van der Waals surface area contributed by atoms with Gasteiger partial charge < -0.3 is 5.73 Å². The Morgan fingerprint density at radius 2 is 2.36 bits per heavy atom. The van der Waals surface area contributed by atoms with Crippen LogP contribution in [0.2, 0.25) is 0 Å². The van der Waals surface area contributed by atoms with Gasteiger partial charge in [0, 0.05) is 25.0 Å². The summed E-state index contributed by atoms with van der Waals surface area (Å²) in [5, 5.41) is 0. The van der Waals surface area contributed by atoms with Gasteiger partial charge in [-0.3, -0.25) is 4.98 Å². The number of rotatable bonds is 4. The lowest BCUT2D eigenvalue weighted by molar-refractivity contribution is 0.573. The number of sulfonamides is 1. The van der Waals surface area contributed by atoms with Crippen LogP contribution in [0, 0.1) is 0 Å². The van der Waals surface area contributed by atoms with E-state index in [2.05, 4.69) is 9.71 Å². The van der Waals surface area contributed by atoms with Gasteiger partial charge in [-0.15, -0.1) is 0 Å². The molecular formula is C8H13N3O2S. The van der Waals surface area contributed by atoms with Gasteiger partial charge in [-0.1, -0.05) is 0 Å². The molecule has 0 aliphatic rings. The number of aromatic nitrogens is 1. The minimum Gasteiger partial charge on any atom is -0.327 e. The van der Waals surface area contributed by atoms with E-state index in [0.717, 1.165) is 0 Å². The van der Waals surface area contributed by atoms with E-state index in [0.29, 0.717) is 0 Å². The molecule has 0 fully saturated rings. The molecule has 6 heteroatoms. The van der Waals surface area contributed by atoms with Gasteiger partial charge in [0.25, 0.3) is 0 Å². The lowest BCUT2D eigenvalue weighted by Crippen LogP contribution is -2.35. The van der Waals surface area contributed by atoms with Crippen molar-refractivity contribution in [3.63, 3.8) is 0 Å². The molecule has 1 aromatic rings. The summed E-state index contributed by atoms with van der Waals surface area (Å²) in [4.78, 5) is 3.88. The molecule has 5 nitrogen and oxygen atoms in total. The van der Waals surface area contributed by atoms with Crippen LogP contribution >= 0.6 is 0 Å². The highest BCUT2D eigenvalue weighted by molar-refractivity contribution is 7.89. The van der Waals surface area contributed by atoms with Gasteiger partial charge in [0.15, 0.2) is 0 Å². The van der Waals surface area contributed by atoms with E-state index in [1.165, 1.54) is 18.5 Å². The van der Waals surface area contributed by atoms with Gasteiger partial charge in [0.2, 0.25) is 10.0 Å². The first-order chi connectivity index (χ1) is 6.52. The second-order valence-corrected chi connectivity index (χ2v) is 4.78. The third-order valence-electron chi connectivity index (χ3n) is 1.54. The molecule has 0 saturated heterocycles. The zero-order valence-corrected chi connectivity index (χ0v) is 8.66. The van der Waals surface area contributed by atoms with Crippen molar-refractivity contribution in [1.29, 1.82) is 0 Å². The van der Waals surface area contributed by atoms with Crippen LogP contribution < -0.4 is 10.5 Å². The van der Waals surface area contributed by atoms with E-state index in [9.17, 15) is 8.42 Å². The SMILES string of the molecule is CC(N)CNS(=O)(=O)c1cccnc1. The molecule has 1 aromatic heterocycles. The van der Waals surface area contributed by atoms with Crippen molar-refractivity contribution in [2.24, 2.45) is 5.73 Å². The molecule has 0 aromatic carbocycles. The van der Waals surface area contributed by atoms with Crippen molar-refractivity contribution in [1.82, 2.24) is 9.71 Å². The maximum atomic E-state index is 11.5. The number of hydrogen-bond donors (Lipinski definition) is 2. The lowest BCUT2D eigenvalue weighted by Gasteiger charge is -2.07. The second-order valence-electron chi connectivity index (χ2n) is 3.02. The molecule has 3 N–H and O–H groups in total. The minimum absolute atomic E-state index is 0.153. The van der Waals surface area contributed by atoms with E-state index in [4.69, 9.17) is 5.73 Å². The van der Waals surface area contributed by atoms with Crippen molar-refractivity contribution in [2.75, 3.05) is 6.54 Å². The van der Waals surface area contributed by atoms with Crippen LogP contribution in [-0.2, 0) is 10.0 Å². The second kappa shape index (κ2) is 4.50. The van der Waals surface area contributed by atoms with Gasteiger partial charge >= 0.3 is 0 Å². The standard InChI is InChI=1S/C8H13N3O2S/c1-7(9)5-11-14(12,13)8-3-2-4-10-6-8/h2-4,6-7,11H,5,9H2,1H3. The Bertz CT molecular complexity index is 375. The summed E-state index contributed by atoms with van der Waals surface area (Å²) in [5.74, 6) is 0. The first-order valence-electron chi connectivity index (χ1n) is 4.17. The summed E-state index contributed by atoms with van der Waals surface area (Å²) in [6.07, 6.45) is 2.81. The third kappa shape index (κ3) is 3.06. The fourth-order valence-electron chi connectivity index (χ4n) is 0.831. The Morgan fingerprint density at radius 3 is 2.86 bits per heavy atom. The monoisotopic (exact) mass is 215 g/mol. The summed E-state index contributed by atoms with van der Waals surface area (Å²) < 4.78 is 25.4. The maximum absolute atomic E-state index is 11.5. The molecule has 0 aliphatic carbocycles. The Balaban J connectivity index is 2.77. The molecule has 14 heavy (non-hydrogen) atoms. The van der Waals surface area contributed by atoms with Crippen molar-refractivity contribution in [3.05, 3.63) is 24.5 Å². The average molecular weight is 215 g/mol. The smallest absolute Gasteiger partial charge is 0.242 e. The highest BCUT2D eigenvalue weighted by Gasteiger charge is 2.13. The highest BCUT2D eigenvalue weighted by Crippen LogP contribution is 2.04. The van der Waals surface area contributed by atoms with E-state index >= 15 is 0 Å². The van der Waals surface area contributed by atoms with Crippen LogP contribution in [0.5, 0.6) is 0 Å². The van der Waals surface area contributed by atoms with Crippen molar-refractivity contribution < 1.29 is 8.42 Å². The van der Waals surface area contributed by atoms with E-state index in [-0.39, 0.29) is 17.5 Å². The largest absolute Gasteiger partial charge is 0.327 e. The molecule has 0 spiro atoms. The highest BCUT2D eigenvalue weighted by atomic mass is 32.2. The number of nitrogens with two attached hydrogens (primary N) is 1. The summed E-state index contributed by atoms with van der Waals surface area (Å²) in [6.45, 7) is 1.95. The van der Waals surface area contributed by atoms with Gasteiger partial charge in [-0.25, -0.2) is 13.1 Å².